The molecule has 3 rings (SSSR count). The Kier molecular flexibility index (Phi) is 4.98. The van der Waals surface area contributed by atoms with Crippen LogP contribution in [0.1, 0.15) is 52.4 Å². The van der Waals surface area contributed by atoms with Crippen LogP contribution < -0.4 is 0 Å². The van der Waals surface area contributed by atoms with Gasteiger partial charge in [0.25, 0.3) is 0 Å². The van der Waals surface area contributed by atoms with Crippen molar-refractivity contribution in [1.29, 1.82) is 0 Å². The molecule has 0 aromatic rings. The van der Waals surface area contributed by atoms with E-state index in [9.17, 15) is 0 Å². The van der Waals surface area contributed by atoms with Crippen molar-refractivity contribution in [2.24, 2.45) is 11.3 Å². The van der Waals surface area contributed by atoms with Crippen molar-refractivity contribution in [3.05, 3.63) is 0 Å². The molecule has 1 aliphatic carbocycles. The van der Waals surface area contributed by atoms with E-state index in [4.69, 9.17) is 0 Å². The van der Waals surface area contributed by atoms with E-state index in [0.717, 1.165) is 21.3 Å². The van der Waals surface area contributed by atoms with Gasteiger partial charge in [0, 0.05) is 29.6 Å². The Morgan fingerprint density at radius 3 is 2.20 bits per heavy atom. The van der Waals surface area contributed by atoms with Gasteiger partial charge < -0.3 is 9.80 Å². The monoisotopic (exact) mass is 390 g/mol. The first kappa shape index (κ1) is 15.5. The summed E-state index contributed by atoms with van der Waals surface area (Å²) >= 11 is 2.65. The molecule has 1 saturated carbocycles. The largest absolute Gasteiger partial charge is 0.302 e. The number of piperidine rings is 1. The molecule has 3 heteroatoms. The minimum absolute atomic E-state index is 0.742. The fourth-order valence-corrected chi connectivity index (χ4v) is 5.18. The van der Waals surface area contributed by atoms with Crippen LogP contribution in [0.3, 0.4) is 0 Å². The predicted molar refractivity (Wildman–Crippen MR) is 94.6 cm³/mol. The molecule has 0 aromatic heterocycles. The number of rotatable bonds is 3. The molecule has 116 valence electrons. The summed E-state index contributed by atoms with van der Waals surface area (Å²) in [5.41, 5.74) is 0.750. The van der Waals surface area contributed by atoms with Gasteiger partial charge in [0.2, 0.25) is 0 Å². The lowest BCUT2D eigenvalue weighted by Gasteiger charge is -2.54. The van der Waals surface area contributed by atoms with Crippen LogP contribution in [-0.2, 0) is 0 Å². The van der Waals surface area contributed by atoms with E-state index in [1.807, 2.05) is 0 Å². The van der Waals surface area contributed by atoms with Crippen LogP contribution >= 0.6 is 22.6 Å². The first-order valence-corrected chi connectivity index (χ1v) is 9.91. The molecule has 2 saturated heterocycles. The first-order chi connectivity index (χ1) is 9.56. The van der Waals surface area contributed by atoms with Crippen LogP contribution in [0.15, 0.2) is 0 Å². The van der Waals surface area contributed by atoms with Crippen LogP contribution in [0, 0.1) is 11.3 Å². The average molecular weight is 390 g/mol. The predicted octanol–water partition coefficient (Wildman–Crippen LogP) is 3.79. The Bertz CT molecular complexity index is 307. The Balaban J connectivity index is 1.37. The normalized spacial score (nSPS) is 30.0. The van der Waals surface area contributed by atoms with E-state index < -0.39 is 0 Å². The van der Waals surface area contributed by atoms with Crippen molar-refractivity contribution in [2.45, 2.75) is 62.3 Å². The molecule has 0 atom stereocenters. The fourth-order valence-electron chi connectivity index (χ4n) is 4.56. The Morgan fingerprint density at radius 1 is 1.05 bits per heavy atom. The van der Waals surface area contributed by atoms with Crippen LogP contribution in [-0.4, -0.2) is 52.5 Å². The molecule has 2 heterocycles. The lowest BCUT2D eigenvalue weighted by molar-refractivity contribution is -0.0400. The van der Waals surface area contributed by atoms with E-state index in [2.05, 4.69) is 46.2 Å². The van der Waals surface area contributed by atoms with E-state index in [0.29, 0.717) is 0 Å². The Hall–Kier alpha value is 0.650. The molecule has 0 N–H and O–H groups in total. The highest BCUT2D eigenvalue weighted by molar-refractivity contribution is 14.1. The van der Waals surface area contributed by atoms with E-state index in [-0.39, 0.29) is 0 Å². The van der Waals surface area contributed by atoms with E-state index in [1.165, 1.54) is 71.2 Å². The highest BCUT2D eigenvalue weighted by Crippen LogP contribution is 2.45. The molecule has 20 heavy (non-hydrogen) atoms. The van der Waals surface area contributed by atoms with Crippen LogP contribution in [0.5, 0.6) is 0 Å². The average Bonchev–Trinajstić information content (AvgIpc) is 2.40. The molecule has 2 nitrogen and oxygen atoms in total. The third-order valence-electron chi connectivity index (χ3n) is 5.99. The number of hydrogen-bond acceptors (Lipinski definition) is 2. The maximum absolute atomic E-state index is 2.77. The number of hydrogen-bond donors (Lipinski definition) is 0. The Morgan fingerprint density at radius 2 is 1.65 bits per heavy atom. The standard InChI is InChI=1S/C17H31IN2/c1-14(2)20-9-5-15(6-10-20)11-19-12-17(13-19)7-3-16(18)4-8-17/h14-16H,3-13H2,1-2H3. The zero-order chi connectivity index (χ0) is 14.2. The summed E-state index contributed by atoms with van der Waals surface area (Å²) in [6, 6.07) is 0.742. The molecule has 0 unspecified atom stereocenters. The van der Waals surface area contributed by atoms with Crippen molar-refractivity contribution in [1.82, 2.24) is 9.80 Å². The number of likely N-dealkylation sites (tertiary alicyclic amines) is 2. The third kappa shape index (κ3) is 3.52. The van der Waals surface area contributed by atoms with Gasteiger partial charge in [-0.3, -0.25) is 0 Å². The summed E-state index contributed by atoms with van der Waals surface area (Å²) < 4.78 is 0.965. The number of nitrogens with zero attached hydrogens (tertiary/aromatic N) is 2. The fraction of sp³-hybridized carbons (Fsp3) is 1.00. The van der Waals surface area contributed by atoms with Gasteiger partial charge in [-0.05, 0) is 76.8 Å². The zero-order valence-electron chi connectivity index (χ0n) is 13.3. The molecular weight excluding hydrogens is 359 g/mol. The summed E-state index contributed by atoms with van der Waals surface area (Å²) in [6.07, 6.45) is 8.81. The molecule has 0 radical (unpaired) electrons. The molecule has 3 aliphatic rings. The molecule has 2 aliphatic heterocycles. The molecular formula is C17H31IN2. The summed E-state index contributed by atoms with van der Waals surface area (Å²) in [4.78, 5) is 5.42. The van der Waals surface area contributed by atoms with E-state index in [1.54, 1.807) is 0 Å². The molecule has 0 bridgehead atoms. The Labute approximate surface area is 138 Å². The van der Waals surface area contributed by atoms with Gasteiger partial charge in [-0.2, -0.15) is 0 Å². The highest BCUT2D eigenvalue weighted by Gasteiger charge is 2.44. The SMILES string of the molecule is CC(C)N1CCC(CN2CC3(CCC(I)CC3)C2)CC1. The molecule has 0 aromatic carbocycles. The quantitative estimate of drug-likeness (QED) is 0.535. The van der Waals surface area contributed by atoms with Crippen molar-refractivity contribution in [3.8, 4) is 0 Å². The van der Waals surface area contributed by atoms with Crippen LogP contribution in [0.25, 0.3) is 0 Å². The molecule has 3 fully saturated rings. The first-order valence-electron chi connectivity index (χ1n) is 8.67. The minimum Gasteiger partial charge on any atom is -0.302 e. The number of halogens is 1. The van der Waals surface area contributed by atoms with Gasteiger partial charge in [-0.1, -0.05) is 22.6 Å². The third-order valence-corrected chi connectivity index (χ3v) is 7.24. The van der Waals surface area contributed by atoms with Crippen molar-refractivity contribution >= 4 is 22.6 Å². The topological polar surface area (TPSA) is 6.48 Å². The summed E-state index contributed by atoms with van der Waals surface area (Å²) in [5.74, 6) is 0.975. The maximum Gasteiger partial charge on any atom is 0.0110 e. The summed E-state index contributed by atoms with van der Waals surface area (Å²) in [7, 11) is 0. The minimum atomic E-state index is 0.742. The second-order valence-electron chi connectivity index (χ2n) is 7.92. The van der Waals surface area contributed by atoms with Crippen molar-refractivity contribution in [2.75, 3.05) is 32.7 Å². The second kappa shape index (κ2) is 6.41. The second-order valence-corrected chi connectivity index (χ2v) is 9.68. The zero-order valence-corrected chi connectivity index (χ0v) is 15.4. The molecule has 0 amide bonds. The summed E-state index contributed by atoms with van der Waals surface area (Å²) in [6.45, 7) is 11.6. The smallest absolute Gasteiger partial charge is 0.0110 e. The molecule has 1 spiro atoms. The lowest BCUT2D eigenvalue weighted by atomic mass is 9.68. The van der Waals surface area contributed by atoms with Crippen molar-refractivity contribution < 1.29 is 0 Å². The maximum atomic E-state index is 2.77. The van der Waals surface area contributed by atoms with Gasteiger partial charge in [0.15, 0.2) is 0 Å². The van der Waals surface area contributed by atoms with Crippen LogP contribution in [0.2, 0.25) is 0 Å². The van der Waals surface area contributed by atoms with E-state index >= 15 is 0 Å². The summed E-state index contributed by atoms with van der Waals surface area (Å²) in [5, 5.41) is 0. The highest BCUT2D eigenvalue weighted by atomic mass is 127. The number of alkyl halides is 1. The van der Waals surface area contributed by atoms with Gasteiger partial charge in [0.1, 0.15) is 0 Å². The van der Waals surface area contributed by atoms with Gasteiger partial charge in [-0.15, -0.1) is 0 Å². The lowest BCUT2D eigenvalue weighted by Crippen LogP contribution is -2.59. The van der Waals surface area contributed by atoms with Gasteiger partial charge in [-0.25, -0.2) is 0 Å². The van der Waals surface area contributed by atoms with Crippen molar-refractivity contribution in [3.63, 3.8) is 0 Å². The van der Waals surface area contributed by atoms with Crippen LogP contribution in [0.4, 0.5) is 0 Å². The van der Waals surface area contributed by atoms with Gasteiger partial charge >= 0.3 is 0 Å². The van der Waals surface area contributed by atoms with Gasteiger partial charge in [0.05, 0.1) is 0 Å².